The number of rotatable bonds is 1. The molecule has 22 heavy (non-hydrogen) atoms. The maximum Gasteiger partial charge on any atom is 0.218 e. The summed E-state index contributed by atoms with van der Waals surface area (Å²) in [6, 6.07) is 14.6. The average molecular weight is 306 g/mol. The Balaban J connectivity index is 1.86. The summed E-state index contributed by atoms with van der Waals surface area (Å²) in [6.07, 6.45) is 5.41. The molecule has 2 bridgehead atoms. The van der Waals surface area contributed by atoms with Crippen LogP contribution >= 0.6 is 12.2 Å². The SMILES string of the molecule is Oc1c2n(c(=S)n1-c1cccc3ccccc13)[C@H]1C=C[C@@H]2C1. The molecule has 2 aliphatic rings. The van der Waals surface area contributed by atoms with Crippen LogP contribution in [0.2, 0.25) is 0 Å². The minimum Gasteiger partial charge on any atom is -0.493 e. The molecule has 1 aliphatic heterocycles. The number of allylic oxidation sites excluding steroid dienone is 2. The Morgan fingerprint density at radius 2 is 1.86 bits per heavy atom. The second kappa shape index (κ2) is 4.11. The van der Waals surface area contributed by atoms with Crippen molar-refractivity contribution in [1.29, 1.82) is 0 Å². The van der Waals surface area contributed by atoms with Crippen LogP contribution in [0.25, 0.3) is 16.5 Å². The third-order valence-corrected chi connectivity index (χ3v) is 5.23. The first-order valence-electron chi connectivity index (χ1n) is 7.48. The van der Waals surface area contributed by atoms with Gasteiger partial charge < -0.3 is 9.67 Å². The molecule has 0 fully saturated rings. The fourth-order valence-corrected chi connectivity index (χ4v) is 4.30. The van der Waals surface area contributed by atoms with E-state index in [1.54, 1.807) is 0 Å². The van der Waals surface area contributed by atoms with Gasteiger partial charge in [-0.05, 0) is 30.1 Å². The molecule has 1 N–H and O–H groups in total. The molecule has 5 rings (SSSR count). The van der Waals surface area contributed by atoms with Crippen molar-refractivity contribution in [1.82, 2.24) is 9.13 Å². The Hall–Kier alpha value is -2.33. The molecule has 1 aliphatic carbocycles. The van der Waals surface area contributed by atoms with Crippen molar-refractivity contribution in [2.45, 2.75) is 18.4 Å². The molecule has 108 valence electrons. The fraction of sp³-hybridized carbons (Fsp3) is 0.167. The number of aromatic hydroxyl groups is 1. The summed E-state index contributed by atoms with van der Waals surface area (Å²) in [5, 5.41) is 13.1. The van der Waals surface area contributed by atoms with E-state index in [1.165, 1.54) is 0 Å². The van der Waals surface area contributed by atoms with E-state index < -0.39 is 0 Å². The summed E-state index contributed by atoms with van der Waals surface area (Å²) < 4.78 is 4.61. The van der Waals surface area contributed by atoms with E-state index in [2.05, 4.69) is 34.9 Å². The summed E-state index contributed by atoms with van der Waals surface area (Å²) >= 11 is 5.68. The van der Waals surface area contributed by atoms with Gasteiger partial charge in [0.15, 0.2) is 4.77 Å². The van der Waals surface area contributed by atoms with Crippen molar-refractivity contribution < 1.29 is 5.11 Å². The number of hydrogen-bond acceptors (Lipinski definition) is 2. The normalized spacial score (nSPS) is 21.6. The van der Waals surface area contributed by atoms with Gasteiger partial charge >= 0.3 is 0 Å². The Labute approximate surface area is 132 Å². The van der Waals surface area contributed by atoms with Crippen LogP contribution in [0, 0.1) is 4.77 Å². The fourth-order valence-electron chi connectivity index (χ4n) is 3.88. The second-order valence-electron chi connectivity index (χ2n) is 5.99. The zero-order valence-corrected chi connectivity index (χ0v) is 12.6. The third-order valence-electron chi connectivity index (χ3n) is 4.85. The van der Waals surface area contributed by atoms with E-state index >= 15 is 0 Å². The smallest absolute Gasteiger partial charge is 0.218 e. The molecule has 0 saturated heterocycles. The van der Waals surface area contributed by atoms with Gasteiger partial charge in [0.05, 0.1) is 17.4 Å². The third kappa shape index (κ3) is 1.38. The van der Waals surface area contributed by atoms with Crippen molar-refractivity contribution >= 4 is 23.0 Å². The number of hydrogen-bond donors (Lipinski definition) is 1. The molecule has 0 saturated carbocycles. The van der Waals surface area contributed by atoms with E-state index in [-0.39, 0.29) is 0 Å². The van der Waals surface area contributed by atoms with Gasteiger partial charge in [0.1, 0.15) is 0 Å². The lowest BCUT2D eigenvalue weighted by atomic mass is 10.1. The minimum absolute atomic E-state index is 0.290. The van der Waals surface area contributed by atoms with Gasteiger partial charge in [0.2, 0.25) is 5.88 Å². The molecule has 0 amide bonds. The van der Waals surface area contributed by atoms with Crippen LogP contribution in [-0.2, 0) is 0 Å². The van der Waals surface area contributed by atoms with Gasteiger partial charge in [-0.25, -0.2) is 0 Å². The van der Waals surface area contributed by atoms with E-state index in [9.17, 15) is 5.11 Å². The van der Waals surface area contributed by atoms with Crippen molar-refractivity contribution in [2.24, 2.45) is 0 Å². The first kappa shape index (κ1) is 12.2. The van der Waals surface area contributed by atoms with Gasteiger partial charge in [-0.15, -0.1) is 0 Å². The molecule has 4 heteroatoms. The number of imidazole rings is 1. The molecule has 3 aromatic rings. The molecule has 2 atom stereocenters. The first-order valence-corrected chi connectivity index (χ1v) is 7.89. The van der Waals surface area contributed by atoms with Gasteiger partial charge in [0.25, 0.3) is 0 Å². The number of benzene rings is 2. The first-order chi connectivity index (χ1) is 10.8. The van der Waals surface area contributed by atoms with Crippen LogP contribution in [-0.4, -0.2) is 14.2 Å². The molecule has 0 spiro atoms. The van der Waals surface area contributed by atoms with Crippen molar-refractivity contribution in [3.05, 3.63) is 65.1 Å². The topological polar surface area (TPSA) is 30.1 Å². The van der Waals surface area contributed by atoms with Gasteiger partial charge in [0, 0.05) is 11.3 Å². The summed E-state index contributed by atoms with van der Waals surface area (Å²) in [5.41, 5.74) is 1.91. The Kier molecular flexibility index (Phi) is 2.29. The van der Waals surface area contributed by atoms with E-state index in [0.717, 1.165) is 28.6 Å². The van der Waals surface area contributed by atoms with Crippen LogP contribution in [0.3, 0.4) is 0 Å². The van der Waals surface area contributed by atoms with Gasteiger partial charge in [-0.2, -0.15) is 0 Å². The van der Waals surface area contributed by atoms with Crippen molar-refractivity contribution in [2.75, 3.05) is 0 Å². The van der Waals surface area contributed by atoms with E-state index in [0.29, 0.717) is 22.6 Å². The minimum atomic E-state index is 0.290. The standard InChI is InChI=1S/C18H14N2OS/c21-17-16-12-8-9-13(10-12)19(16)18(22)20(17)15-7-3-5-11-4-1-2-6-14(11)15/h1-9,12-13,21H,10H2/t12-,13+/m1/s1. The molecule has 2 heterocycles. The van der Waals surface area contributed by atoms with E-state index in [1.807, 2.05) is 28.8 Å². The summed E-state index contributed by atoms with van der Waals surface area (Å²) in [5.74, 6) is 0.584. The molecular formula is C18H14N2OS. The van der Waals surface area contributed by atoms with Crippen molar-refractivity contribution in [3.63, 3.8) is 0 Å². The zero-order chi connectivity index (χ0) is 14.8. The predicted octanol–water partition coefficient (Wildman–Crippen LogP) is 4.47. The highest BCUT2D eigenvalue weighted by atomic mass is 32.1. The monoisotopic (exact) mass is 306 g/mol. The van der Waals surface area contributed by atoms with Crippen molar-refractivity contribution in [3.8, 4) is 11.6 Å². The largest absolute Gasteiger partial charge is 0.493 e. The molecular weight excluding hydrogens is 292 g/mol. The average Bonchev–Trinajstić information content (AvgIpc) is 3.21. The summed E-state index contributed by atoms with van der Waals surface area (Å²) in [7, 11) is 0. The van der Waals surface area contributed by atoms with Crippen LogP contribution in [0.15, 0.2) is 54.6 Å². The van der Waals surface area contributed by atoms with Gasteiger partial charge in [-0.1, -0.05) is 48.6 Å². The van der Waals surface area contributed by atoms with Crippen LogP contribution in [0.1, 0.15) is 24.1 Å². The predicted molar refractivity (Wildman–Crippen MR) is 89.3 cm³/mol. The lowest BCUT2D eigenvalue weighted by molar-refractivity contribution is 0.434. The van der Waals surface area contributed by atoms with Crippen LogP contribution in [0.4, 0.5) is 0 Å². The quantitative estimate of drug-likeness (QED) is 0.531. The zero-order valence-electron chi connectivity index (χ0n) is 11.8. The van der Waals surface area contributed by atoms with E-state index in [4.69, 9.17) is 12.2 Å². The summed E-state index contributed by atoms with van der Waals surface area (Å²) in [4.78, 5) is 0. The maximum absolute atomic E-state index is 10.8. The Morgan fingerprint density at radius 1 is 1.05 bits per heavy atom. The maximum atomic E-state index is 10.8. The Morgan fingerprint density at radius 3 is 2.73 bits per heavy atom. The van der Waals surface area contributed by atoms with Crippen LogP contribution in [0.5, 0.6) is 5.88 Å². The van der Waals surface area contributed by atoms with Gasteiger partial charge in [-0.3, -0.25) is 4.57 Å². The molecule has 0 unspecified atom stereocenters. The lowest BCUT2D eigenvalue weighted by Gasteiger charge is -2.10. The summed E-state index contributed by atoms with van der Waals surface area (Å²) in [6.45, 7) is 0. The highest BCUT2D eigenvalue weighted by Gasteiger charge is 2.38. The molecule has 1 aromatic heterocycles. The number of aromatic nitrogens is 2. The lowest BCUT2D eigenvalue weighted by Crippen LogP contribution is -2.03. The molecule has 0 radical (unpaired) electrons. The molecule has 3 nitrogen and oxygen atoms in total. The number of nitrogens with zero attached hydrogens (tertiary/aromatic N) is 2. The highest BCUT2D eigenvalue weighted by Crippen LogP contribution is 2.49. The number of fused-ring (bicyclic) bond motifs is 6. The highest BCUT2D eigenvalue weighted by molar-refractivity contribution is 7.71. The Bertz CT molecular complexity index is 1010. The van der Waals surface area contributed by atoms with Crippen LogP contribution < -0.4 is 0 Å². The second-order valence-corrected chi connectivity index (χ2v) is 6.35. The molecule has 2 aromatic carbocycles.